The second-order valence-corrected chi connectivity index (χ2v) is 5.15. The minimum Gasteiger partial charge on any atom is -0.361 e. The predicted octanol–water partition coefficient (Wildman–Crippen LogP) is 1.68. The van der Waals surface area contributed by atoms with Crippen LogP contribution in [-0.2, 0) is 4.79 Å². The van der Waals surface area contributed by atoms with Crippen LogP contribution in [0.15, 0.2) is 0 Å². The summed E-state index contributed by atoms with van der Waals surface area (Å²) in [6.07, 6.45) is 5.56. The molecule has 4 aliphatic rings. The third kappa shape index (κ3) is 1.02. The van der Waals surface area contributed by atoms with Crippen LogP contribution in [0.1, 0.15) is 32.1 Å². The molecule has 3 heteroatoms. The number of ketones is 1. The molecule has 2 atom stereocenters. The number of carbonyl (C=O) groups is 1. The molecule has 0 aromatic rings. The van der Waals surface area contributed by atoms with Crippen molar-refractivity contribution in [1.29, 1.82) is 0 Å². The summed E-state index contributed by atoms with van der Waals surface area (Å²) < 4.78 is 0. The van der Waals surface area contributed by atoms with Crippen LogP contribution in [-0.4, -0.2) is 16.3 Å². The van der Waals surface area contributed by atoms with E-state index < -0.39 is 0 Å². The fraction of sp³-hybridized carbons (Fsp3) is 0.818. The van der Waals surface area contributed by atoms with Gasteiger partial charge in [-0.05, 0) is 43.9 Å². The molecule has 0 amide bonds. The maximum atomic E-state index is 11.9. The zero-order valence-corrected chi connectivity index (χ0v) is 8.15. The van der Waals surface area contributed by atoms with Crippen LogP contribution in [0.3, 0.4) is 0 Å². The first-order chi connectivity index (χ1) is 6.78. The monoisotopic (exact) mass is 190 g/mol. The second kappa shape index (κ2) is 2.77. The summed E-state index contributed by atoms with van der Waals surface area (Å²) in [6.45, 7) is 0. The first-order valence-corrected chi connectivity index (χ1v) is 5.54. The molecule has 3 nitrogen and oxygen atoms in total. The Hall–Kier alpha value is -0.950. The van der Waals surface area contributed by atoms with Crippen LogP contribution in [0.4, 0.5) is 0 Å². The lowest BCUT2D eigenvalue weighted by Gasteiger charge is -2.36. The topological polar surface area (TPSA) is 53.5 Å². The van der Waals surface area contributed by atoms with Crippen molar-refractivity contribution in [3.8, 4) is 0 Å². The van der Waals surface area contributed by atoms with Crippen LogP contribution in [0.25, 0.3) is 5.53 Å². The van der Waals surface area contributed by atoms with Gasteiger partial charge in [-0.15, -0.1) is 0 Å². The average Bonchev–Trinajstić information content (AvgIpc) is 2.29. The quantitative estimate of drug-likeness (QED) is 0.423. The second-order valence-electron chi connectivity index (χ2n) is 5.15. The highest BCUT2D eigenvalue weighted by Crippen LogP contribution is 2.48. The molecule has 4 rings (SSSR count). The maximum Gasteiger partial charge on any atom is 0.337 e. The largest absolute Gasteiger partial charge is 0.361 e. The Kier molecular flexibility index (Phi) is 1.65. The number of Topliss-reactive ketones (excluding diaryl/α,β-unsaturated/α-hetero) is 1. The van der Waals surface area contributed by atoms with Crippen LogP contribution in [0.5, 0.6) is 0 Å². The van der Waals surface area contributed by atoms with E-state index in [0.29, 0.717) is 5.71 Å². The lowest BCUT2D eigenvalue weighted by molar-refractivity contribution is -0.121. The van der Waals surface area contributed by atoms with E-state index in [0.717, 1.165) is 37.5 Å². The van der Waals surface area contributed by atoms with Gasteiger partial charge in [-0.2, -0.15) is 4.79 Å². The summed E-state index contributed by atoms with van der Waals surface area (Å²) in [5, 5.41) is 0. The normalized spacial score (nSPS) is 45.1. The van der Waals surface area contributed by atoms with Gasteiger partial charge in [-0.3, -0.25) is 4.79 Å². The maximum absolute atomic E-state index is 11.9. The van der Waals surface area contributed by atoms with Gasteiger partial charge in [0.15, 0.2) is 0 Å². The first kappa shape index (κ1) is 8.37. The Bertz CT molecular complexity index is 329. The van der Waals surface area contributed by atoms with E-state index in [4.69, 9.17) is 5.53 Å². The van der Waals surface area contributed by atoms with E-state index >= 15 is 0 Å². The highest BCUT2D eigenvalue weighted by Gasteiger charge is 2.50. The number of carbonyl (C=O) groups excluding carboxylic acids is 1. The summed E-state index contributed by atoms with van der Waals surface area (Å²) in [5.74, 6) is 2.03. The number of fused-ring (bicyclic) bond motifs is 1. The molecule has 0 aromatic heterocycles. The van der Waals surface area contributed by atoms with Crippen molar-refractivity contribution in [3.63, 3.8) is 0 Å². The molecule has 0 aromatic carbocycles. The Morgan fingerprint density at radius 1 is 1.00 bits per heavy atom. The van der Waals surface area contributed by atoms with Gasteiger partial charge in [-0.25, -0.2) is 0 Å². The van der Waals surface area contributed by atoms with Gasteiger partial charge in [0.05, 0.1) is 5.92 Å². The summed E-state index contributed by atoms with van der Waals surface area (Å²) in [7, 11) is 0. The van der Waals surface area contributed by atoms with E-state index in [1.807, 2.05) is 0 Å². The smallest absolute Gasteiger partial charge is 0.337 e. The van der Waals surface area contributed by atoms with E-state index in [-0.39, 0.29) is 17.6 Å². The molecule has 0 radical (unpaired) electrons. The highest BCUT2D eigenvalue weighted by atomic mass is 16.1. The molecule has 74 valence electrons. The van der Waals surface area contributed by atoms with Crippen molar-refractivity contribution in [2.45, 2.75) is 32.1 Å². The van der Waals surface area contributed by atoms with Crippen LogP contribution < -0.4 is 0 Å². The lowest BCUT2D eigenvalue weighted by atomic mass is 9.68. The van der Waals surface area contributed by atoms with E-state index in [9.17, 15) is 4.79 Å². The van der Waals surface area contributed by atoms with Crippen molar-refractivity contribution in [3.05, 3.63) is 5.53 Å². The Balaban J connectivity index is 2.08. The van der Waals surface area contributed by atoms with Gasteiger partial charge in [0.2, 0.25) is 5.78 Å². The standard InChI is InChI=1S/C11H14N2O/c12-13-10-8-2-6-1-7(3-8)5-9(4-6)11(10)14/h6-9H,1-5H2/t6-,7-,8?,9?/m0/s1. The predicted molar refractivity (Wildman–Crippen MR) is 50.7 cm³/mol. The van der Waals surface area contributed by atoms with Crippen molar-refractivity contribution in [2.24, 2.45) is 23.7 Å². The van der Waals surface area contributed by atoms with Crippen LogP contribution >= 0.6 is 0 Å². The minimum absolute atomic E-state index is 0.141. The van der Waals surface area contributed by atoms with Gasteiger partial charge in [0.1, 0.15) is 0 Å². The first-order valence-electron chi connectivity index (χ1n) is 5.54. The van der Waals surface area contributed by atoms with Gasteiger partial charge in [0, 0.05) is 5.92 Å². The SMILES string of the molecule is [N-]=[N+]=C1C(=O)C2C[C@@H]3CC1C[C@@H](C2)C3. The van der Waals surface area contributed by atoms with Crippen molar-refractivity contribution in [1.82, 2.24) is 0 Å². The molecule has 4 aliphatic carbocycles. The molecule has 0 N–H and O–H groups in total. The van der Waals surface area contributed by atoms with Crippen molar-refractivity contribution >= 4 is 11.5 Å². The molecule has 4 fully saturated rings. The molecule has 14 heavy (non-hydrogen) atoms. The zero-order valence-electron chi connectivity index (χ0n) is 8.15. The van der Waals surface area contributed by atoms with Gasteiger partial charge in [-0.1, -0.05) is 0 Å². The van der Waals surface area contributed by atoms with Gasteiger partial charge >= 0.3 is 5.71 Å². The zero-order chi connectivity index (χ0) is 9.71. The Morgan fingerprint density at radius 3 is 2.14 bits per heavy atom. The average molecular weight is 190 g/mol. The molecule has 0 spiro atoms. The number of nitrogens with zero attached hydrogens (tertiary/aromatic N) is 2. The molecule has 4 bridgehead atoms. The number of rotatable bonds is 0. The molecule has 0 unspecified atom stereocenters. The Morgan fingerprint density at radius 2 is 1.57 bits per heavy atom. The summed E-state index contributed by atoms with van der Waals surface area (Å²) in [4.78, 5) is 15.2. The van der Waals surface area contributed by atoms with E-state index in [1.165, 1.54) is 6.42 Å². The third-order valence-corrected chi connectivity index (χ3v) is 4.26. The lowest BCUT2D eigenvalue weighted by Crippen LogP contribution is -2.28. The number of hydrogen-bond acceptors (Lipinski definition) is 1. The molecule has 4 saturated carbocycles. The number of hydrogen-bond donors (Lipinski definition) is 0. The molecule has 0 saturated heterocycles. The van der Waals surface area contributed by atoms with Gasteiger partial charge < -0.3 is 5.53 Å². The van der Waals surface area contributed by atoms with Crippen LogP contribution in [0, 0.1) is 23.7 Å². The van der Waals surface area contributed by atoms with Crippen molar-refractivity contribution in [2.75, 3.05) is 0 Å². The van der Waals surface area contributed by atoms with Gasteiger partial charge in [0.25, 0.3) is 0 Å². The minimum atomic E-state index is 0.141. The molecular weight excluding hydrogens is 176 g/mol. The van der Waals surface area contributed by atoms with E-state index in [1.54, 1.807) is 0 Å². The summed E-state index contributed by atoms with van der Waals surface area (Å²) in [5.41, 5.74) is 9.39. The van der Waals surface area contributed by atoms with Crippen LogP contribution in [0.2, 0.25) is 0 Å². The van der Waals surface area contributed by atoms with E-state index in [2.05, 4.69) is 4.79 Å². The molecule has 0 aliphatic heterocycles. The fourth-order valence-corrected chi connectivity index (χ4v) is 3.83. The molecule has 0 heterocycles. The molecular formula is C11H14N2O. The summed E-state index contributed by atoms with van der Waals surface area (Å²) in [6, 6.07) is 0. The Labute approximate surface area is 83.1 Å². The fourth-order valence-electron chi connectivity index (χ4n) is 3.83. The third-order valence-electron chi connectivity index (χ3n) is 4.26. The highest BCUT2D eigenvalue weighted by molar-refractivity contribution is 6.39. The van der Waals surface area contributed by atoms with Crippen molar-refractivity contribution < 1.29 is 9.58 Å². The summed E-state index contributed by atoms with van der Waals surface area (Å²) >= 11 is 0.